The van der Waals surface area contributed by atoms with Gasteiger partial charge in [0, 0.05) is 0 Å². The van der Waals surface area contributed by atoms with Crippen LogP contribution < -0.4 is 10.6 Å². The van der Waals surface area contributed by atoms with Crippen molar-refractivity contribution in [3.05, 3.63) is 23.8 Å². The molecule has 0 aromatic rings. The topological polar surface area (TPSA) is 111 Å². The van der Waals surface area contributed by atoms with E-state index in [0.717, 1.165) is 19.3 Å². The summed E-state index contributed by atoms with van der Waals surface area (Å²) in [5.41, 5.74) is 0.488. The molecule has 0 aromatic carbocycles. The number of aliphatic hydroxyl groups is 3. The van der Waals surface area contributed by atoms with Gasteiger partial charge < -0.3 is 30.7 Å². The average molecular weight is 491 g/mol. The van der Waals surface area contributed by atoms with Gasteiger partial charge in [0.15, 0.2) is 0 Å². The fourth-order valence-corrected chi connectivity index (χ4v) is 4.83. The molecule has 184 valence electrons. The summed E-state index contributed by atoms with van der Waals surface area (Å²) in [6, 6.07) is -1.16. The van der Waals surface area contributed by atoms with Gasteiger partial charge in [-0.1, -0.05) is 37.6 Å². The number of allylic oxidation sites excluding steroid dienone is 2. The van der Waals surface area contributed by atoms with Gasteiger partial charge in [-0.25, -0.2) is 0 Å². The number of thioether (sulfide) groups is 1. The van der Waals surface area contributed by atoms with Crippen molar-refractivity contribution in [1.82, 2.24) is 10.6 Å². The van der Waals surface area contributed by atoms with Gasteiger partial charge in [0.1, 0.15) is 29.9 Å². The standard InChI is InChI=1S/C23H39ClN2O5S/c1-13(2)7-5-6-8-15-9-10-16(25-12-11-15)22(30)26-17(14(3)24)21-19(28)18(27)20(29)23(31-21)32-4/h6,8-9,13-14,16-21,23,25,27-29H,5,7,10-12H2,1-4H3,(H,26,30)/b8-6+. The molecule has 8 unspecified atom stereocenters. The van der Waals surface area contributed by atoms with E-state index in [0.29, 0.717) is 18.9 Å². The van der Waals surface area contributed by atoms with Crippen LogP contribution in [0.25, 0.3) is 0 Å². The van der Waals surface area contributed by atoms with Crippen LogP contribution in [0, 0.1) is 5.92 Å². The van der Waals surface area contributed by atoms with E-state index < -0.39 is 47.3 Å². The van der Waals surface area contributed by atoms with E-state index in [4.69, 9.17) is 16.3 Å². The summed E-state index contributed by atoms with van der Waals surface area (Å²) in [4.78, 5) is 13.0. The first kappa shape index (κ1) is 27.6. The molecule has 2 heterocycles. The van der Waals surface area contributed by atoms with Gasteiger partial charge in [-0.3, -0.25) is 4.79 Å². The molecular formula is C23H39ClN2O5S. The lowest BCUT2D eigenvalue weighted by molar-refractivity contribution is -0.205. The number of nitrogens with one attached hydrogen (secondary N) is 2. The molecule has 0 radical (unpaired) electrons. The van der Waals surface area contributed by atoms with Crippen LogP contribution in [0.1, 0.15) is 46.5 Å². The quantitative estimate of drug-likeness (QED) is 0.314. The van der Waals surface area contributed by atoms with Crippen molar-refractivity contribution in [3.8, 4) is 0 Å². The lowest BCUT2D eigenvalue weighted by atomic mass is 9.93. The smallest absolute Gasteiger partial charge is 0.237 e. The van der Waals surface area contributed by atoms with Crippen molar-refractivity contribution >= 4 is 29.3 Å². The van der Waals surface area contributed by atoms with E-state index >= 15 is 0 Å². The molecule has 32 heavy (non-hydrogen) atoms. The zero-order valence-electron chi connectivity index (χ0n) is 19.4. The number of alkyl halides is 1. The van der Waals surface area contributed by atoms with E-state index in [1.165, 1.54) is 17.3 Å². The summed E-state index contributed by atoms with van der Waals surface area (Å²) in [6.07, 6.45) is 6.84. The summed E-state index contributed by atoms with van der Waals surface area (Å²) in [5, 5.41) is 36.4. The number of rotatable bonds is 9. The Labute approximate surface area is 201 Å². The molecule has 0 aromatic heterocycles. The van der Waals surface area contributed by atoms with E-state index in [9.17, 15) is 20.1 Å². The van der Waals surface area contributed by atoms with Crippen LogP contribution in [0.3, 0.4) is 0 Å². The summed E-state index contributed by atoms with van der Waals surface area (Å²) < 4.78 is 5.82. The maximum Gasteiger partial charge on any atom is 0.237 e. The van der Waals surface area contributed by atoms with Crippen LogP contribution in [0.5, 0.6) is 0 Å². The van der Waals surface area contributed by atoms with E-state index in [1.807, 2.05) is 0 Å². The zero-order valence-corrected chi connectivity index (χ0v) is 21.0. The number of amides is 1. The minimum absolute atomic E-state index is 0.235. The maximum absolute atomic E-state index is 13.0. The molecule has 2 aliphatic heterocycles. The summed E-state index contributed by atoms with van der Waals surface area (Å²) in [5.74, 6) is 0.443. The van der Waals surface area contributed by atoms with Gasteiger partial charge in [0.05, 0.1) is 17.5 Å². The molecule has 0 bridgehead atoms. The fourth-order valence-electron chi connectivity index (χ4n) is 3.95. The molecule has 1 amide bonds. The second-order valence-electron chi connectivity index (χ2n) is 9.03. The summed E-state index contributed by atoms with van der Waals surface area (Å²) in [7, 11) is 0. The van der Waals surface area contributed by atoms with Crippen molar-refractivity contribution in [2.45, 2.75) is 93.8 Å². The van der Waals surface area contributed by atoms with Gasteiger partial charge in [-0.15, -0.1) is 23.4 Å². The number of hydrogen-bond donors (Lipinski definition) is 5. The number of carbonyl (C=O) groups is 1. The number of carbonyl (C=O) groups excluding carboxylic acids is 1. The predicted octanol–water partition coefficient (Wildman–Crippen LogP) is 1.94. The van der Waals surface area contributed by atoms with Gasteiger partial charge in [-0.2, -0.15) is 0 Å². The number of ether oxygens (including phenoxy) is 1. The third-order valence-corrected chi connectivity index (χ3v) is 7.10. The largest absolute Gasteiger partial charge is 0.388 e. The molecule has 8 atom stereocenters. The maximum atomic E-state index is 13.0. The molecule has 5 N–H and O–H groups in total. The highest BCUT2D eigenvalue weighted by atomic mass is 35.5. The van der Waals surface area contributed by atoms with Gasteiger partial charge in [0.25, 0.3) is 0 Å². The predicted molar refractivity (Wildman–Crippen MR) is 130 cm³/mol. The third-order valence-electron chi connectivity index (χ3n) is 5.98. The molecule has 1 fully saturated rings. The number of hydrogen-bond acceptors (Lipinski definition) is 7. The monoisotopic (exact) mass is 490 g/mol. The van der Waals surface area contributed by atoms with Crippen molar-refractivity contribution in [1.29, 1.82) is 0 Å². The molecule has 1 saturated heterocycles. The number of halogens is 1. The van der Waals surface area contributed by atoms with Gasteiger partial charge in [-0.05, 0) is 51.3 Å². The fraction of sp³-hybridized carbons (Fsp3) is 0.783. The molecular weight excluding hydrogens is 452 g/mol. The first-order chi connectivity index (χ1) is 15.1. The van der Waals surface area contributed by atoms with Crippen LogP contribution in [-0.2, 0) is 9.53 Å². The van der Waals surface area contributed by atoms with Crippen molar-refractivity contribution in [2.24, 2.45) is 5.92 Å². The van der Waals surface area contributed by atoms with Gasteiger partial charge >= 0.3 is 0 Å². The minimum atomic E-state index is -1.38. The van der Waals surface area contributed by atoms with Crippen LogP contribution in [-0.4, -0.2) is 81.3 Å². The Morgan fingerprint density at radius 1 is 1.31 bits per heavy atom. The minimum Gasteiger partial charge on any atom is -0.388 e. The van der Waals surface area contributed by atoms with Crippen LogP contribution in [0.15, 0.2) is 23.8 Å². The Morgan fingerprint density at radius 2 is 2.03 bits per heavy atom. The van der Waals surface area contributed by atoms with Crippen molar-refractivity contribution in [2.75, 3.05) is 12.8 Å². The summed E-state index contributed by atoms with van der Waals surface area (Å²) in [6.45, 7) is 6.81. The molecule has 7 nitrogen and oxygen atoms in total. The van der Waals surface area contributed by atoms with Crippen molar-refractivity contribution in [3.63, 3.8) is 0 Å². The Bertz CT molecular complexity index is 658. The first-order valence-electron chi connectivity index (χ1n) is 11.4. The van der Waals surface area contributed by atoms with Gasteiger partial charge in [0.2, 0.25) is 5.91 Å². The Kier molecular flexibility index (Phi) is 11.5. The molecule has 2 aliphatic rings. The Hall–Kier alpha value is -0.610. The number of aliphatic hydroxyl groups excluding tert-OH is 3. The highest BCUT2D eigenvalue weighted by Crippen LogP contribution is 2.30. The molecule has 2 rings (SSSR count). The second-order valence-corrected chi connectivity index (χ2v) is 10.7. The first-order valence-corrected chi connectivity index (χ1v) is 13.1. The molecule has 9 heteroatoms. The average Bonchev–Trinajstić information content (AvgIpc) is 2.99. The third kappa shape index (κ3) is 7.72. The van der Waals surface area contributed by atoms with E-state index in [2.05, 4.69) is 42.7 Å². The van der Waals surface area contributed by atoms with Crippen LogP contribution in [0.2, 0.25) is 0 Å². The Morgan fingerprint density at radius 3 is 2.66 bits per heavy atom. The van der Waals surface area contributed by atoms with Crippen LogP contribution >= 0.6 is 23.4 Å². The molecule has 0 saturated carbocycles. The Balaban J connectivity index is 2.02. The highest BCUT2D eigenvalue weighted by molar-refractivity contribution is 7.99. The summed E-state index contributed by atoms with van der Waals surface area (Å²) >= 11 is 7.58. The van der Waals surface area contributed by atoms with Crippen LogP contribution in [0.4, 0.5) is 0 Å². The van der Waals surface area contributed by atoms with E-state index in [-0.39, 0.29) is 5.91 Å². The van der Waals surface area contributed by atoms with E-state index in [1.54, 1.807) is 13.2 Å². The normalized spacial score (nSPS) is 33.6. The lowest BCUT2D eigenvalue weighted by Crippen LogP contribution is -2.65. The zero-order chi connectivity index (χ0) is 23.8. The second kappa shape index (κ2) is 13.3. The van der Waals surface area contributed by atoms with Crippen molar-refractivity contribution < 1.29 is 24.9 Å². The SMILES string of the molecule is CSC1OC(C(NC(=O)C2CC=C(/C=C/CCC(C)C)CCN2)C(C)Cl)C(O)C(O)C1O. The lowest BCUT2D eigenvalue weighted by Gasteiger charge is -2.44. The highest BCUT2D eigenvalue weighted by Gasteiger charge is 2.48. The molecule has 0 spiro atoms. The molecule has 0 aliphatic carbocycles.